The molecule has 1 unspecified atom stereocenters. The van der Waals surface area contributed by atoms with Gasteiger partial charge in [0.05, 0.1) is 11.6 Å². The summed E-state index contributed by atoms with van der Waals surface area (Å²) in [6, 6.07) is 15.4. The number of ether oxygens (including phenoxy) is 1. The Morgan fingerprint density at radius 2 is 2.05 bits per heavy atom. The third-order valence-corrected chi connectivity index (χ3v) is 2.53. The van der Waals surface area contributed by atoms with Crippen LogP contribution in [0.25, 0.3) is 0 Å². The van der Waals surface area contributed by atoms with Gasteiger partial charge in [-0.1, -0.05) is 18.2 Å². The summed E-state index contributed by atoms with van der Waals surface area (Å²) in [6.45, 7) is 2.56. The third kappa shape index (κ3) is 4.00. The van der Waals surface area contributed by atoms with Crippen molar-refractivity contribution in [2.45, 2.75) is 13.0 Å². The predicted molar refractivity (Wildman–Crippen MR) is 74.0 cm³/mol. The Kier molecular flexibility index (Phi) is 4.35. The topological polar surface area (TPSA) is 57.9 Å². The van der Waals surface area contributed by atoms with E-state index in [9.17, 15) is 0 Å². The zero-order chi connectivity index (χ0) is 13.5. The summed E-state index contributed by atoms with van der Waals surface area (Å²) < 4.78 is 5.64. The first-order chi connectivity index (χ1) is 9.28. The van der Waals surface area contributed by atoms with Gasteiger partial charge in [0.2, 0.25) is 0 Å². The van der Waals surface area contributed by atoms with Crippen LogP contribution in [0.3, 0.4) is 0 Å². The fraction of sp³-hybridized carbons (Fsp3) is 0.200. The second-order valence-electron chi connectivity index (χ2n) is 4.21. The van der Waals surface area contributed by atoms with Gasteiger partial charge in [0.25, 0.3) is 0 Å². The molecule has 1 atom stereocenters. The maximum atomic E-state index is 8.69. The highest BCUT2D eigenvalue weighted by atomic mass is 16.5. The molecule has 2 rings (SSSR count). The number of hydrogen-bond donors (Lipinski definition) is 1. The van der Waals surface area contributed by atoms with E-state index in [2.05, 4.69) is 10.3 Å². The van der Waals surface area contributed by atoms with Crippen molar-refractivity contribution in [3.8, 4) is 11.8 Å². The second-order valence-corrected chi connectivity index (χ2v) is 4.21. The molecule has 0 bridgehead atoms. The number of para-hydroxylation sites is 1. The Labute approximate surface area is 112 Å². The van der Waals surface area contributed by atoms with Gasteiger partial charge < -0.3 is 10.1 Å². The number of pyridine rings is 1. The molecule has 0 aliphatic rings. The van der Waals surface area contributed by atoms with Crippen molar-refractivity contribution >= 4 is 5.82 Å². The van der Waals surface area contributed by atoms with E-state index in [0.29, 0.717) is 12.2 Å². The summed E-state index contributed by atoms with van der Waals surface area (Å²) in [5.74, 6) is 1.59. The lowest BCUT2D eigenvalue weighted by Crippen LogP contribution is -2.23. The average Bonchev–Trinajstić information content (AvgIpc) is 2.47. The lowest BCUT2D eigenvalue weighted by molar-refractivity contribution is 0.304. The summed E-state index contributed by atoms with van der Waals surface area (Å²) >= 11 is 0. The van der Waals surface area contributed by atoms with Gasteiger partial charge in [-0.25, -0.2) is 4.98 Å². The van der Waals surface area contributed by atoms with Crippen molar-refractivity contribution in [3.05, 3.63) is 54.2 Å². The predicted octanol–water partition coefficient (Wildman–Crippen LogP) is 2.83. The van der Waals surface area contributed by atoms with Crippen molar-refractivity contribution in [1.29, 1.82) is 5.26 Å². The number of nitriles is 1. The van der Waals surface area contributed by atoms with Crippen LogP contribution in [0.15, 0.2) is 48.7 Å². The highest BCUT2D eigenvalue weighted by molar-refractivity contribution is 5.39. The molecule has 4 nitrogen and oxygen atoms in total. The number of nitrogens with one attached hydrogen (secondary N) is 1. The quantitative estimate of drug-likeness (QED) is 0.890. The van der Waals surface area contributed by atoms with Crippen LogP contribution in [0.4, 0.5) is 5.82 Å². The number of aromatic nitrogens is 1. The highest BCUT2D eigenvalue weighted by Crippen LogP contribution is 2.10. The van der Waals surface area contributed by atoms with Gasteiger partial charge in [-0.3, -0.25) is 0 Å². The molecule has 1 aromatic heterocycles. The first-order valence-electron chi connectivity index (χ1n) is 6.08. The fourth-order valence-corrected chi connectivity index (χ4v) is 1.58. The maximum absolute atomic E-state index is 8.69. The fourth-order valence-electron chi connectivity index (χ4n) is 1.58. The first kappa shape index (κ1) is 12.9. The maximum Gasteiger partial charge on any atom is 0.126 e. The minimum absolute atomic E-state index is 0.126. The minimum Gasteiger partial charge on any atom is -0.491 e. The van der Waals surface area contributed by atoms with Gasteiger partial charge in [0, 0.05) is 6.20 Å². The Morgan fingerprint density at radius 3 is 2.68 bits per heavy atom. The summed E-state index contributed by atoms with van der Waals surface area (Å²) in [5.41, 5.74) is 0.554. The summed E-state index contributed by atoms with van der Waals surface area (Å²) in [6.07, 6.45) is 1.55. The van der Waals surface area contributed by atoms with E-state index in [0.717, 1.165) is 11.6 Å². The Morgan fingerprint density at radius 1 is 1.26 bits per heavy atom. The molecule has 0 aliphatic carbocycles. The molecule has 1 N–H and O–H groups in total. The number of anilines is 1. The SMILES string of the molecule is CC(COc1ccccc1)Nc1ccc(C#N)cn1. The average molecular weight is 253 g/mol. The molecule has 0 saturated heterocycles. The molecule has 0 amide bonds. The lowest BCUT2D eigenvalue weighted by Gasteiger charge is -2.15. The van der Waals surface area contributed by atoms with Crippen LogP contribution in [0.2, 0.25) is 0 Å². The summed E-state index contributed by atoms with van der Waals surface area (Å²) in [7, 11) is 0. The van der Waals surface area contributed by atoms with Gasteiger partial charge in [0.15, 0.2) is 0 Å². The summed E-state index contributed by atoms with van der Waals surface area (Å²) in [4.78, 5) is 4.16. The van der Waals surface area contributed by atoms with E-state index < -0.39 is 0 Å². The van der Waals surface area contributed by atoms with Crippen LogP contribution >= 0.6 is 0 Å². The number of hydrogen-bond acceptors (Lipinski definition) is 4. The van der Waals surface area contributed by atoms with Gasteiger partial charge in [-0.15, -0.1) is 0 Å². The minimum atomic E-state index is 0.126. The van der Waals surface area contributed by atoms with Crippen LogP contribution in [0.5, 0.6) is 5.75 Å². The van der Waals surface area contributed by atoms with E-state index in [4.69, 9.17) is 10.00 Å². The Bertz CT molecular complexity index is 546. The molecule has 0 radical (unpaired) electrons. The van der Waals surface area contributed by atoms with Crippen LogP contribution in [-0.4, -0.2) is 17.6 Å². The molecule has 1 heterocycles. The Balaban J connectivity index is 1.84. The molecule has 0 fully saturated rings. The normalized spacial score (nSPS) is 11.4. The number of benzene rings is 1. The van der Waals surface area contributed by atoms with Gasteiger partial charge >= 0.3 is 0 Å². The van der Waals surface area contributed by atoms with Crippen LogP contribution < -0.4 is 10.1 Å². The zero-order valence-electron chi connectivity index (χ0n) is 10.7. The monoisotopic (exact) mass is 253 g/mol. The van der Waals surface area contributed by atoms with Crippen molar-refractivity contribution in [2.24, 2.45) is 0 Å². The standard InChI is InChI=1S/C15H15N3O/c1-12(11-19-14-5-3-2-4-6-14)18-15-8-7-13(9-16)10-17-15/h2-8,10,12H,11H2,1H3,(H,17,18). The van der Waals surface area contributed by atoms with Crippen molar-refractivity contribution in [3.63, 3.8) is 0 Å². The third-order valence-electron chi connectivity index (χ3n) is 2.53. The van der Waals surface area contributed by atoms with E-state index in [1.807, 2.05) is 43.3 Å². The van der Waals surface area contributed by atoms with E-state index in [1.54, 1.807) is 18.3 Å². The molecule has 0 saturated carbocycles. The van der Waals surface area contributed by atoms with E-state index in [1.165, 1.54) is 0 Å². The van der Waals surface area contributed by atoms with Crippen LogP contribution in [0.1, 0.15) is 12.5 Å². The smallest absolute Gasteiger partial charge is 0.126 e. The molecule has 0 aliphatic heterocycles. The van der Waals surface area contributed by atoms with Crippen molar-refractivity contribution in [2.75, 3.05) is 11.9 Å². The number of rotatable bonds is 5. The van der Waals surface area contributed by atoms with Gasteiger partial charge in [0.1, 0.15) is 24.2 Å². The van der Waals surface area contributed by atoms with Crippen molar-refractivity contribution < 1.29 is 4.74 Å². The zero-order valence-corrected chi connectivity index (χ0v) is 10.7. The largest absolute Gasteiger partial charge is 0.491 e. The number of nitrogens with zero attached hydrogens (tertiary/aromatic N) is 2. The van der Waals surface area contributed by atoms with Crippen LogP contribution in [-0.2, 0) is 0 Å². The molecule has 1 aromatic carbocycles. The van der Waals surface area contributed by atoms with E-state index in [-0.39, 0.29) is 6.04 Å². The van der Waals surface area contributed by atoms with Crippen LogP contribution in [0, 0.1) is 11.3 Å². The highest BCUT2D eigenvalue weighted by Gasteiger charge is 2.04. The molecular weight excluding hydrogens is 238 g/mol. The Hall–Kier alpha value is -2.54. The molecule has 96 valence electrons. The molecule has 4 heteroatoms. The molecular formula is C15H15N3O. The lowest BCUT2D eigenvalue weighted by atomic mass is 10.3. The summed E-state index contributed by atoms with van der Waals surface area (Å²) in [5, 5.41) is 11.9. The van der Waals surface area contributed by atoms with Crippen molar-refractivity contribution in [1.82, 2.24) is 4.98 Å². The van der Waals surface area contributed by atoms with E-state index >= 15 is 0 Å². The molecule has 19 heavy (non-hydrogen) atoms. The van der Waals surface area contributed by atoms with Gasteiger partial charge in [-0.2, -0.15) is 5.26 Å². The first-order valence-corrected chi connectivity index (χ1v) is 6.08. The molecule has 2 aromatic rings. The van der Waals surface area contributed by atoms with Gasteiger partial charge in [-0.05, 0) is 31.2 Å². The second kappa shape index (κ2) is 6.41. The molecule has 0 spiro atoms.